The number of benzene rings is 1. The number of anilines is 2. The number of ether oxygens (including phenoxy) is 2. The fourth-order valence-corrected chi connectivity index (χ4v) is 3.79. The first kappa shape index (κ1) is 19.1. The maximum Gasteiger partial charge on any atom is 0.256 e. The van der Waals surface area contributed by atoms with Gasteiger partial charge >= 0.3 is 0 Å². The van der Waals surface area contributed by atoms with E-state index in [4.69, 9.17) is 9.47 Å². The summed E-state index contributed by atoms with van der Waals surface area (Å²) in [5.74, 6) is 0.828. The second-order valence-electron chi connectivity index (χ2n) is 7.01. The van der Waals surface area contributed by atoms with Crippen molar-refractivity contribution in [1.82, 2.24) is 4.98 Å². The van der Waals surface area contributed by atoms with Gasteiger partial charge in [-0.25, -0.2) is 4.98 Å². The molecule has 29 heavy (non-hydrogen) atoms. The number of methoxy groups -OCH3 is 1. The van der Waals surface area contributed by atoms with Crippen LogP contribution in [0, 0.1) is 0 Å². The number of carbonyl (C=O) groups excluding carboxylic acids is 2. The van der Waals surface area contributed by atoms with Crippen molar-refractivity contribution in [2.45, 2.75) is 31.9 Å². The highest BCUT2D eigenvalue weighted by molar-refractivity contribution is 6.10. The summed E-state index contributed by atoms with van der Waals surface area (Å²) in [6.45, 7) is -0.169. The Hall–Kier alpha value is -3.19. The molecule has 1 aliphatic heterocycles. The lowest BCUT2D eigenvalue weighted by atomic mass is 9.93. The zero-order valence-electron chi connectivity index (χ0n) is 16.3. The Labute approximate surface area is 169 Å². The van der Waals surface area contributed by atoms with E-state index >= 15 is 0 Å². The summed E-state index contributed by atoms with van der Waals surface area (Å²) in [6, 6.07) is 12.6. The summed E-state index contributed by atoms with van der Waals surface area (Å²) in [4.78, 5) is 31.1. The van der Waals surface area contributed by atoms with Crippen LogP contribution in [0.25, 0.3) is 0 Å². The number of nitrogens with one attached hydrogen (secondary N) is 1. The van der Waals surface area contributed by atoms with Crippen molar-refractivity contribution in [2.75, 3.05) is 23.9 Å². The summed E-state index contributed by atoms with van der Waals surface area (Å²) < 4.78 is 11.2. The normalized spacial score (nSPS) is 18.6. The summed E-state index contributed by atoms with van der Waals surface area (Å²) in [6.07, 6.45) is 4.61. The van der Waals surface area contributed by atoms with Crippen molar-refractivity contribution in [1.29, 1.82) is 0 Å². The summed E-state index contributed by atoms with van der Waals surface area (Å²) in [5.41, 5.74) is 2.53. The monoisotopic (exact) mass is 393 g/mol. The minimum atomic E-state index is -0.569. The predicted octanol–water partition coefficient (Wildman–Crippen LogP) is 3.29. The highest BCUT2D eigenvalue weighted by atomic mass is 16.5. The Morgan fingerprint density at radius 2 is 1.97 bits per heavy atom. The molecule has 2 amide bonds. The van der Waals surface area contributed by atoms with Gasteiger partial charge in [-0.15, -0.1) is 0 Å². The van der Waals surface area contributed by atoms with Crippen LogP contribution in [0.15, 0.2) is 59.8 Å². The van der Waals surface area contributed by atoms with Gasteiger partial charge in [0.1, 0.15) is 18.2 Å². The van der Waals surface area contributed by atoms with E-state index in [1.54, 1.807) is 36.4 Å². The molecule has 2 aromatic rings. The second kappa shape index (κ2) is 8.45. The topological polar surface area (TPSA) is 80.8 Å². The molecule has 1 atom stereocenters. The van der Waals surface area contributed by atoms with Gasteiger partial charge in [-0.3, -0.25) is 14.5 Å². The van der Waals surface area contributed by atoms with Crippen LogP contribution in [0.4, 0.5) is 11.5 Å². The number of nitrogens with zero attached hydrogens (tertiary/aromatic N) is 2. The third-order valence-corrected chi connectivity index (χ3v) is 5.18. The van der Waals surface area contributed by atoms with Crippen LogP contribution >= 0.6 is 0 Å². The zero-order chi connectivity index (χ0) is 20.2. The summed E-state index contributed by atoms with van der Waals surface area (Å²) in [5, 5.41) is 2.71. The Kier molecular flexibility index (Phi) is 5.57. The number of carbonyl (C=O) groups is 2. The molecule has 1 aliphatic carbocycles. The highest BCUT2D eigenvalue weighted by Gasteiger charge is 2.41. The lowest BCUT2D eigenvalue weighted by Gasteiger charge is -2.27. The van der Waals surface area contributed by atoms with Crippen molar-refractivity contribution >= 4 is 23.3 Å². The summed E-state index contributed by atoms with van der Waals surface area (Å²) in [7, 11) is 1.60. The van der Waals surface area contributed by atoms with Crippen LogP contribution in [0.2, 0.25) is 0 Å². The van der Waals surface area contributed by atoms with Gasteiger partial charge in [0.2, 0.25) is 0 Å². The largest absolute Gasteiger partial charge is 0.497 e. The molecule has 0 fully saturated rings. The second-order valence-corrected chi connectivity index (χ2v) is 7.01. The van der Waals surface area contributed by atoms with Crippen LogP contribution < -0.4 is 15.0 Å². The third-order valence-electron chi connectivity index (χ3n) is 5.18. The number of amides is 2. The Morgan fingerprint density at radius 1 is 1.17 bits per heavy atom. The molecule has 0 bridgehead atoms. The van der Waals surface area contributed by atoms with Gasteiger partial charge in [0.05, 0.1) is 7.11 Å². The minimum absolute atomic E-state index is 0.0417. The van der Waals surface area contributed by atoms with Gasteiger partial charge < -0.3 is 14.8 Å². The van der Waals surface area contributed by atoms with Crippen LogP contribution in [0.5, 0.6) is 5.75 Å². The maximum atomic E-state index is 13.1. The van der Waals surface area contributed by atoms with Crippen molar-refractivity contribution < 1.29 is 19.1 Å². The molecule has 1 aromatic heterocycles. The lowest BCUT2D eigenvalue weighted by molar-refractivity contribution is -0.123. The Morgan fingerprint density at radius 3 is 2.69 bits per heavy atom. The zero-order valence-corrected chi connectivity index (χ0v) is 16.3. The Bertz CT molecular complexity index is 925. The molecular weight excluding hydrogens is 370 g/mol. The molecule has 7 heteroatoms. The van der Waals surface area contributed by atoms with Crippen molar-refractivity contribution in [2.24, 2.45) is 0 Å². The molecule has 0 saturated carbocycles. The average Bonchev–Trinajstić information content (AvgIpc) is 3.05. The fraction of sp³-hybridized carbons (Fsp3) is 0.318. The average molecular weight is 393 g/mol. The van der Waals surface area contributed by atoms with Crippen molar-refractivity contribution in [3.63, 3.8) is 0 Å². The quantitative estimate of drug-likeness (QED) is 0.815. The van der Waals surface area contributed by atoms with Gasteiger partial charge in [-0.05, 0) is 67.7 Å². The maximum absolute atomic E-state index is 13.1. The number of aromatic nitrogens is 1. The molecular formula is C22H23N3O4. The molecule has 0 spiro atoms. The molecule has 4 rings (SSSR count). The molecule has 2 heterocycles. The van der Waals surface area contributed by atoms with E-state index in [9.17, 15) is 9.59 Å². The predicted molar refractivity (Wildman–Crippen MR) is 109 cm³/mol. The third kappa shape index (κ3) is 4.00. The standard InChI is InChI=1S/C22H23N3O4/c1-28-16-11-9-15(10-12-16)25-21(27)17-6-2-3-7-18(17)22(25)29-14-20(26)24-19-8-4-5-13-23-19/h4-5,8-13,22H,2-3,6-7,14H2,1H3,(H,23,24,26). The first-order valence-corrected chi connectivity index (χ1v) is 9.69. The first-order chi connectivity index (χ1) is 14.2. The number of hydrogen-bond donors (Lipinski definition) is 1. The molecule has 7 nitrogen and oxygen atoms in total. The Balaban J connectivity index is 1.52. The minimum Gasteiger partial charge on any atom is -0.497 e. The molecule has 1 unspecified atom stereocenters. The van der Waals surface area contributed by atoms with Crippen LogP contribution in [0.1, 0.15) is 25.7 Å². The van der Waals surface area contributed by atoms with Crippen LogP contribution in [-0.2, 0) is 14.3 Å². The smallest absolute Gasteiger partial charge is 0.256 e. The van der Waals surface area contributed by atoms with Crippen molar-refractivity contribution in [3.05, 3.63) is 59.8 Å². The molecule has 2 aliphatic rings. The van der Waals surface area contributed by atoms with E-state index in [2.05, 4.69) is 10.3 Å². The van der Waals surface area contributed by atoms with E-state index in [0.29, 0.717) is 11.6 Å². The van der Waals surface area contributed by atoms with Crippen LogP contribution in [0.3, 0.4) is 0 Å². The SMILES string of the molecule is COc1ccc(N2C(=O)C3=C(CCCC3)C2OCC(=O)Nc2ccccn2)cc1. The number of hydrogen-bond acceptors (Lipinski definition) is 5. The molecule has 1 aromatic carbocycles. The molecule has 1 N–H and O–H groups in total. The van der Waals surface area contributed by atoms with E-state index in [-0.39, 0.29) is 18.4 Å². The van der Waals surface area contributed by atoms with E-state index in [1.165, 1.54) is 0 Å². The lowest BCUT2D eigenvalue weighted by Crippen LogP contribution is -2.39. The highest BCUT2D eigenvalue weighted by Crippen LogP contribution is 2.39. The van der Waals surface area contributed by atoms with E-state index in [1.807, 2.05) is 24.3 Å². The summed E-state index contributed by atoms with van der Waals surface area (Å²) >= 11 is 0. The van der Waals surface area contributed by atoms with E-state index in [0.717, 1.165) is 42.5 Å². The molecule has 0 radical (unpaired) electrons. The van der Waals surface area contributed by atoms with E-state index < -0.39 is 6.23 Å². The fourth-order valence-electron chi connectivity index (χ4n) is 3.79. The molecule has 0 saturated heterocycles. The molecule has 150 valence electrons. The van der Waals surface area contributed by atoms with Gasteiger partial charge in [-0.2, -0.15) is 0 Å². The van der Waals surface area contributed by atoms with Gasteiger partial charge in [0.15, 0.2) is 6.23 Å². The van der Waals surface area contributed by atoms with Crippen LogP contribution in [-0.4, -0.2) is 36.7 Å². The van der Waals surface area contributed by atoms with Gasteiger partial charge in [0, 0.05) is 17.5 Å². The number of pyridine rings is 1. The number of rotatable bonds is 6. The first-order valence-electron chi connectivity index (χ1n) is 9.69. The van der Waals surface area contributed by atoms with Gasteiger partial charge in [0.25, 0.3) is 11.8 Å². The van der Waals surface area contributed by atoms with Gasteiger partial charge in [-0.1, -0.05) is 6.07 Å². The van der Waals surface area contributed by atoms with Crippen molar-refractivity contribution in [3.8, 4) is 5.75 Å².